The molecule has 1 N–H and O–H groups in total. The molecular formula is C27H30O5. The highest BCUT2D eigenvalue weighted by Crippen LogP contribution is 2.31. The van der Waals surface area contributed by atoms with Crippen LogP contribution in [0.2, 0.25) is 0 Å². The maximum atomic E-state index is 9.07. The van der Waals surface area contributed by atoms with Crippen molar-refractivity contribution in [2.75, 3.05) is 19.8 Å². The Labute approximate surface area is 189 Å². The third-order valence-corrected chi connectivity index (χ3v) is 4.64. The maximum absolute atomic E-state index is 9.07. The van der Waals surface area contributed by atoms with Gasteiger partial charge in [-0.15, -0.1) is 0 Å². The fourth-order valence-corrected chi connectivity index (χ4v) is 3.07. The standard InChI is InChI=1S/C27H30O5/c1-3-29-24-12-7-22(8-13-24)19-31-26-16-11-21(6-5-17-28)18-27(26)32-20-23-9-14-25(15-10-23)30-4-2/h5-16,18,28H,3-4,17,19-20H2,1-2H3. The number of hydrogen-bond acceptors (Lipinski definition) is 5. The monoisotopic (exact) mass is 434 g/mol. The van der Waals surface area contributed by atoms with Gasteiger partial charge in [0.25, 0.3) is 0 Å². The molecule has 0 aliphatic carbocycles. The van der Waals surface area contributed by atoms with E-state index in [9.17, 15) is 0 Å². The summed E-state index contributed by atoms with van der Waals surface area (Å²) in [6.45, 7) is 6.01. The first-order valence-electron chi connectivity index (χ1n) is 10.8. The fraction of sp³-hybridized carbons (Fsp3) is 0.259. The van der Waals surface area contributed by atoms with Crippen LogP contribution in [0.5, 0.6) is 23.0 Å². The van der Waals surface area contributed by atoms with Crippen LogP contribution in [0.25, 0.3) is 6.08 Å². The topological polar surface area (TPSA) is 57.2 Å². The first kappa shape index (κ1) is 23.2. The van der Waals surface area contributed by atoms with E-state index in [2.05, 4.69) is 0 Å². The van der Waals surface area contributed by atoms with Crippen molar-refractivity contribution in [3.63, 3.8) is 0 Å². The second-order valence-corrected chi connectivity index (χ2v) is 7.02. The zero-order chi connectivity index (χ0) is 22.6. The minimum absolute atomic E-state index is 0.0155. The van der Waals surface area contributed by atoms with Crippen molar-refractivity contribution in [3.05, 3.63) is 89.5 Å². The lowest BCUT2D eigenvalue weighted by Gasteiger charge is -2.14. The molecule has 0 amide bonds. The number of aliphatic hydroxyl groups is 1. The second-order valence-electron chi connectivity index (χ2n) is 7.02. The highest BCUT2D eigenvalue weighted by atomic mass is 16.5. The molecule has 3 aromatic carbocycles. The van der Waals surface area contributed by atoms with E-state index in [1.165, 1.54) is 0 Å². The maximum Gasteiger partial charge on any atom is 0.162 e. The SMILES string of the molecule is CCOc1ccc(COc2ccc(C=CCO)cc2OCc2ccc(OCC)cc2)cc1. The van der Waals surface area contributed by atoms with Crippen molar-refractivity contribution in [3.8, 4) is 23.0 Å². The van der Waals surface area contributed by atoms with Gasteiger partial charge in [-0.2, -0.15) is 0 Å². The van der Waals surface area contributed by atoms with Crippen LogP contribution in [-0.4, -0.2) is 24.9 Å². The van der Waals surface area contributed by atoms with Crippen LogP contribution in [0.3, 0.4) is 0 Å². The molecule has 3 rings (SSSR count). The van der Waals surface area contributed by atoms with Crippen LogP contribution in [0.1, 0.15) is 30.5 Å². The normalized spacial score (nSPS) is 10.8. The average Bonchev–Trinajstić information content (AvgIpc) is 2.83. The minimum atomic E-state index is -0.0155. The van der Waals surface area contributed by atoms with Crippen molar-refractivity contribution in [1.82, 2.24) is 0 Å². The average molecular weight is 435 g/mol. The Balaban J connectivity index is 1.70. The van der Waals surface area contributed by atoms with Gasteiger partial charge in [0.1, 0.15) is 24.7 Å². The summed E-state index contributed by atoms with van der Waals surface area (Å²) >= 11 is 0. The van der Waals surface area contributed by atoms with E-state index in [0.29, 0.717) is 37.9 Å². The molecule has 0 unspecified atom stereocenters. The van der Waals surface area contributed by atoms with Gasteiger partial charge in [-0.25, -0.2) is 0 Å². The van der Waals surface area contributed by atoms with E-state index in [4.69, 9.17) is 24.1 Å². The van der Waals surface area contributed by atoms with E-state index < -0.39 is 0 Å². The van der Waals surface area contributed by atoms with E-state index in [1.54, 1.807) is 6.08 Å². The van der Waals surface area contributed by atoms with Gasteiger partial charge in [0.05, 0.1) is 19.8 Å². The quantitative estimate of drug-likeness (QED) is 0.399. The zero-order valence-corrected chi connectivity index (χ0v) is 18.6. The Bertz CT molecular complexity index is 978. The summed E-state index contributed by atoms with van der Waals surface area (Å²) in [6, 6.07) is 21.4. The van der Waals surface area contributed by atoms with Crippen LogP contribution < -0.4 is 18.9 Å². The Hall–Kier alpha value is -3.44. The summed E-state index contributed by atoms with van der Waals surface area (Å²) in [7, 11) is 0. The first-order chi connectivity index (χ1) is 15.7. The molecule has 0 heterocycles. The van der Waals surface area contributed by atoms with Crippen molar-refractivity contribution in [1.29, 1.82) is 0 Å². The smallest absolute Gasteiger partial charge is 0.162 e. The molecule has 168 valence electrons. The summed E-state index contributed by atoms with van der Waals surface area (Å²) in [5.74, 6) is 2.98. The van der Waals surface area contributed by atoms with Gasteiger partial charge < -0.3 is 24.1 Å². The number of aliphatic hydroxyl groups excluding tert-OH is 1. The Morgan fingerprint density at radius 3 is 1.69 bits per heavy atom. The minimum Gasteiger partial charge on any atom is -0.494 e. The van der Waals surface area contributed by atoms with Gasteiger partial charge in [0, 0.05) is 0 Å². The Morgan fingerprint density at radius 2 is 1.19 bits per heavy atom. The second kappa shape index (κ2) is 12.4. The molecule has 0 spiro atoms. The van der Waals surface area contributed by atoms with E-state index in [0.717, 1.165) is 28.2 Å². The molecule has 0 aliphatic heterocycles. The molecule has 0 atom stereocenters. The fourth-order valence-electron chi connectivity index (χ4n) is 3.07. The zero-order valence-electron chi connectivity index (χ0n) is 18.6. The lowest BCUT2D eigenvalue weighted by Crippen LogP contribution is -2.01. The molecule has 0 saturated carbocycles. The van der Waals surface area contributed by atoms with Gasteiger partial charge in [0.15, 0.2) is 11.5 Å². The van der Waals surface area contributed by atoms with E-state index >= 15 is 0 Å². The van der Waals surface area contributed by atoms with Crippen LogP contribution in [-0.2, 0) is 13.2 Å². The molecule has 0 radical (unpaired) electrons. The molecule has 0 saturated heterocycles. The van der Waals surface area contributed by atoms with Gasteiger partial charge in [-0.3, -0.25) is 0 Å². The largest absolute Gasteiger partial charge is 0.494 e. The lowest BCUT2D eigenvalue weighted by atomic mass is 10.1. The van der Waals surface area contributed by atoms with Gasteiger partial charge in [0.2, 0.25) is 0 Å². The Morgan fingerprint density at radius 1 is 0.656 bits per heavy atom. The van der Waals surface area contributed by atoms with Crippen LogP contribution in [0.15, 0.2) is 72.8 Å². The predicted octanol–water partition coefficient (Wildman–Crippen LogP) is 5.65. The molecule has 0 fully saturated rings. The first-order valence-corrected chi connectivity index (χ1v) is 10.8. The number of hydrogen-bond donors (Lipinski definition) is 1. The molecule has 5 heteroatoms. The van der Waals surface area contributed by atoms with Crippen molar-refractivity contribution >= 4 is 6.08 Å². The van der Waals surface area contributed by atoms with E-state index in [1.807, 2.05) is 86.7 Å². The number of benzene rings is 3. The van der Waals surface area contributed by atoms with Crippen LogP contribution in [0.4, 0.5) is 0 Å². The summed E-state index contributed by atoms with van der Waals surface area (Å²) in [4.78, 5) is 0. The van der Waals surface area contributed by atoms with Crippen LogP contribution in [0, 0.1) is 0 Å². The van der Waals surface area contributed by atoms with Crippen molar-refractivity contribution < 1.29 is 24.1 Å². The van der Waals surface area contributed by atoms with Crippen molar-refractivity contribution in [2.45, 2.75) is 27.1 Å². The number of rotatable bonds is 12. The van der Waals surface area contributed by atoms with Gasteiger partial charge in [-0.05, 0) is 66.9 Å². The highest BCUT2D eigenvalue weighted by Gasteiger charge is 2.08. The van der Waals surface area contributed by atoms with E-state index in [-0.39, 0.29) is 6.61 Å². The third-order valence-electron chi connectivity index (χ3n) is 4.64. The summed E-state index contributed by atoms with van der Waals surface area (Å²) < 4.78 is 23.1. The Kier molecular flexibility index (Phi) is 9.02. The summed E-state index contributed by atoms with van der Waals surface area (Å²) in [5, 5.41) is 9.07. The number of ether oxygens (including phenoxy) is 4. The van der Waals surface area contributed by atoms with Gasteiger partial charge in [-0.1, -0.05) is 42.5 Å². The molecule has 5 nitrogen and oxygen atoms in total. The molecule has 3 aromatic rings. The molecule has 0 aromatic heterocycles. The summed E-state index contributed by atoms with van der Waals surface area (Å²) in [5.41, 5.74) is 2.99. The molecule has 32 heavy (non-hydrogen) atoms. The molecular weight excluding hydrogens is 404 g/mol. The highest BCUT2D eigenvalue weighted by molar-refractivity contribution is 5.56. The predicted molar refractivity (Wildman–Crippen MR) is 126 cm³/mol. The van der Waals surface area contributed by atoms with Crippen molar-refractivity contribution in [2.24, 2.45) is 0 Å². The summed E-state index contributed by atoms with van der Waals surface area (Å²) in [6.07, 6.45) is 3.53. The third kappa shape index (κ3) is 7.06. The lowest BCUT2D eigenvalue weighted by molar-refractivity contribution is 0.255. The van der Waals surface area contributed by atoms with Gasteiger partial charge >= 0.3 is 0 Å². The molecule has 0 aliphatic rings. The van der Waals surface area contributed by atoms with Crippen LogP contribution >= 0.6 is 0 Å². The molecule has 0 bridgehead atoms.